The second-order valence-corrected chi connectivity index (χ2v) is 6.87. The lowest BCUT2D eigenvalue weighted by Gasteiger charge is -2.13. The van der Waals surface area contributed by atoms with Crippen LogP contribution < -0.4 is 10.5 Å². The first-order valence-corrected chi connectivity index (χ1v) is 8.21. The van der Waals surface area contributed by atoms with Gasteiger partial charge in [0.2, 0.25) is 0 Å². The molecule has 2 aromatic carbocycles. The summed E-state index contributed by atoms with van der Waals surface area (Å²) in [6.07, 6.45) is 0. The van der Waals surface area contributed by atoms with Crippen LogP contribution in [0.3, 0.4) is 0 Å². The molecule has 4 nitrogen and oxygen atoms in total. The van der Waals surface area contributed by atoms with Gasteiger partial charge in [0.1, 0.15) is 0 Å². The molecule has 0 spiro atoms. The summed E-state index contributed by atoms with van der Waals surface area (Å²) in [5, 5.41) is 0. The van der Waals surface area contributed by atoms with Crippen LogP contribution in [0, 0.1) is 20.8 Å². The molecule has 0 radical (unpaired) electrons. The summed E-state index contributed by atoms with van der Waals surface area (Å²) in [5.74, 6) is 0. The van der Waals surface area contributed by atoms with Crippen LogP contribution in [0.4, 0.5) is 5.69 Å². The molecule has 3 N–H and O–H groups in total. The number of hydrogen-bond acceptors (Lipinski definition) is 3. The average molecular weight is 304 g/mol. The predicted octanol–water partition coefficient (Wildman–Crippen LogP) is 2.87. The fourth-order valence-corrected chi connectivity index (χ4v) is 3.63. The summed E-state index contributed by atoms with van der Waals surface area (Å²) < 4.78 is 27.7. The van der Waals surface area contributed by atoms with Gasteiger partial charge in [-0.15, -0.1) is 0 Å². The van der Waals surface area contributed by atoms with Crippen LogP contribution in [0.2, 0.25) is 0 Å². The fraction of sp³-hybridized carbons (Fsp3) is 0.250. The van der Waals surface area contributed by atoms with Crippen molar-refractivity contribution in [1.29, 1.82) is 0 Å². The van der Waals surface area contributed by atoms with Crippen molar-refractivity contribution >= 4 is 15.7 Å². The summed E-state index contributed by atoms with van der Waals surface area (Å²) in [5.41, 5.74) is 9.78. The molecule has 0 aromatic heterocycles. The minimum Gasteiger partial charge on any atom is -0.326 e. The molecule has 2 rings (SSSR count). The third-order valence-corrected chi connectivity index (χ3v) is 4.94. The van der Waals surface area contributed by atoms with Gasteiger partial charge in [0.15, 0.2) is 0 Å². The van der Waals surface area contributed by atoms with Crippen molar-refractivity contribution in [2.24, 2.45) is 5.73 Å². The maximum absolute atomic E-state index is 12.6. The molecule has 0 bridgehead atoms. The van der Waals surface area contributed by atoms with Crippen LogP contribution in [-0.2, 0) is 16.6 Å². The number of benzene rings is 2. The summed E-state index contributed by atoms with van der Waals surface area (Å²) in [6, 6.07) is 10.8. The Hall–Kier alpha value is -1.85. The highest BCUT2D eigenvalue weighted by molar-refractivity contribution is 7.92. The third kappa shape index (κ3) is 3.43. The monoisotopic (exact) mass is 304 g/mol. The second kappa shape index (κ2) is 5.87. The first-order valence-electron chi connectivity index (χ1n) is 6.73. The topological polar surface area (TPSA) is 72.2 Å². The molecular formula is C16H20N2O2S. The van der Waals surface area contributed by atoms with E-state index in [9.17, 15) is 8.42 Å². The number of sulfonamides is 1. The molecule has 0 aliphatic carbocycles. The number of anilines is 1. The molecule has 21 heavy (non-hydrogen) atoms. The van der Waals surface area contributed by atoms with Gasteiger partial charge in [0.05, 0.1) is 4.90 Å². The van der Waals surface area contributed by atoms with Gasteiger partial charge in [-0.05, 0) is 61.2 Å². The maximum Gasteiger partial charge on any atom is 0.262 e. The largest absolute Gasteiger partial charge is 0.326 e. The molecule has 0 fully saturated rings. The number of nitrogens with two attached hydrogens (primary N) is 1. The van der Waals surface area contributed by atoms with E-state index < -0.39 is 10.0 Å². The number of aryl methyl sites for hydroxylation is 3. The molecule has 0 amide bonds. The molecule has 5 heteroatoms. The van der Waals surface area contributed by atoms with Crippen molar-refractivity contribution in [3.63, 3.8) is 0 Å². The first-order chi connectivity index (χ1) is 9.83. The highest BCUT2D eigenvalue weighted by Crippen LogP contribution is 2.23. The fourth-order valence-electron chi connectivity index (χ4n) is 2.30. The SMILES string of the molecule is Cc1cccc(NS(=O)(=O)c2cc(CN)c(C)cc2C)c1. The Morgan fingerprint density at radius 3 is 2.38 bits per heavy atom. The van der Waals surface area contributed by atoms with Crippen molar-refractivity contribution in [1.82, 2.24) is 0 Å². The van der Waals surface area contributed by atoms with E-state index in [1.54, 1.807) is 25.1 Å². The van der Waals surface area contributed by atoms with Gasteiger partial charge < -0.3 is 5.73 Å². The van der Waals surface area contributed by atoms with E-state index in [-0.39, 0.29) is 4.90 Å². The van der Waals surface area contributed by atoms with Crippen molar-refractivity contribution in [2.75, 3.05) is 4.72 Å². The van der Waals surface area contributed by atoms with Gasteiger partial charge in [-0.1, -0.05) is 18.2 Å². The highest BCUT2D eigenvalue weighted by Gasteiger charge is 2.18. The summed E-state index contributed by atoms with van der Waals surface area (Å²) in [4.78, 5) is 0.273. The van der Waals surface area contributed by atoms with Crippen LogP contribution in [0.25, 0.3) is 0 Å². The van der Waals surface area contributed by atoms with Gasteiger partial charge in [-0.3, -0.25) is 4.72 Å². The lowest BCUT2D eigenvalue weighted by Crippen LogP contribution is -2.15. The van der Waals surface area contributed by atoms with Crippen LogP contribution in [-0.4, -0.2) is 8.42 Å². The van der Waals surface area contributed by atoms with Crippen molar-refractivity contribution in [3.8, 4) is 0 Å². The zero-order valence-corrected chi connectivity index (χ0v) is 13.3. The van der Waals surface area contributed by atoms with E-state index in [4.69, 9.17) is 5.73 Å². The summed E-state index contributed by atoms with van der Waals surface area (Å²) in [7, 11) is -3.62. The number of hydrogen-bond donors (Lipinski definition) is 2. The molecular weight excluding hydrogens is 284 g/mol. The lowest BCUT2D eigenvalue weighted by molar-refractivity contribution is 0.600. The van der Waals surface area contributed by atoms with E-state index in [0.717, 1.165) is 16.7 Å². The van der Waals surface area contributed by atoms with Gasteiger partial charge in [0.25, 0.3) is 10.0 Å². The summed E-state index contributed by atoms with van der Waals surface area (Å²) >= 11 is 0. The zero-order chi connectivity index (χ0) is 15.6. The smallest absolute Gasteiger partial charge is 0.262 e. The molecule has 0 saturated carbocycles. The molecule has 0 heterocycles. The van der Waals surface area contributed by atoms with Crippen molar-refractivity contribution in [2.45, 2.75) is 32.2 Å². The maximum atomic E-state index is 12.6. The van der Waals surface area contributed by atoms with Crippen molar-refractivity contribution < 1.29 is 8.42 Å². The molecule has 0 unspecified atom stereocenters. The third-order valence-electron chi connectivity index (χ3n) is 3.41. The Morgan fingerprint density at radius 2 is 1.76 bits per heavy atom. The zero-order valence-electron chi connectivity index (χ0n) is 12.5. The van der Waals surface area contributed by atoms with Gasteiger partial charge in [-0.2, -0.15) is 0 Å². The van der Waals surface area contributed by atoms with Gasteiger partial charge in [-0.25, -0.2) is 8.42 Å². The van der Waals surface area contributed by atoms with Crippen LogP contribution in [0.15, 0.2) is 41.3 Å². The standard InChI is InChI=1S/C16H20N2O2S/c1-11-5-4-6-15(7-11)18-21(19,20)16-9-14(10-17)12(2)8-13(16)3/h4-9,18H,10,17H2,1-3H3. The highest BCUT2D eigenvalue weighted by atomic mass is 32.2. The Kier molecular flexibility index (Phi) is 4.34. The van der Waals surface area contributed by atoms with E-state index >= 15 is 0 Å². The number of nitrogens with one attached hydrogen (secondary N) is 1. The molecule has 0 aliphatic rings. The number of rotatable bonds is 4. The molecule has 112 valence electrons. The predicted molar refractivity (Wildman–Crippen MR) is 85.8 cm³/mol. The lowest BCUT2D eigenvalue weighted by atomic mass is 10.1. The molecule has 2 aromatic rings. The Labute approximate surface area is 126 Å². The minimum absolute atomic E-state index is 0.273. The quantitative estimate of drug-likeness (QED) is 0.912. The van der Waals surface area contributed by atoms with Crippen LogP contribution >= 0.6 is 0 Å². The first kappa shape index (κ1) is 15.5. The Bertz CT molecular complexity index is 768. The minimum atomic E-state index is -3.62. The van der Waals surface area contributed by atoms with E-state index in [2.05, 4.69) is 4.72 Å². The summed E-state index contributed by atoms with van der Waals surface area (Å²) in [6.45, 7) is 5.96. The van der Waals surface area contributed by atoms with Crippen molar-refractivity contribution in [3.05, 3.63) is 58.7 Å². The molecule has 0 aliphatic heterocycles. The normalized spacial score (nSPS) is 11.4. The average Bonchev–Trinajstić information content (AvgIpc) is 2.37. The molecule has 0 atom stereocenters. The van der Waals surface area contributed by atoms with Crippen LogP contribution in [0.5, 0.6) is 0 Å². The Balaban J connectivity index is 2.44. The second-order valence-electron chi connectivity index (χ2n) is 5.22. The van der Waals surface area contributed by atoms with Gasteiger partial charge in [0, 0.05) is 12.2 Å². The molecule has 0 saturated heterocycles. The van der Waals surface area contributed by atoms with E-state index in [0.29, 0.717) is 17.8 Å². The Morgan fingerprint density at radius 1 is 1.05 bits per heavy atom. The van der Waals surface area contributed by atoms with Crippen LogP contribution in [0.1, 0.15) is 22.3 Å². The van der Waals surface area contributed by atoms with E-state index in [1.165, 1.54) is 0 Å². The van der Waals surface area contributed by atoms with Gasteiger partial charge >= 0.3 is 0 Å². The van der Waals surface area contributed by atoms with E-state index in [1.807, 2.05) is 32.0 Å².